The van der Waals surface area contributed by atoms with E-state index in [1.807, 2.05) is 12.1 Å². The smallest absolute Gasteiger partial charge is 0.270 e. The molecule has 0 unspecified atom stereocenters. The molecule has 0 radical (unpaired) electrons. The second-order valence-electron chi connectivity index (χ2n) is 4.82. The first kappa shape index (κ1) is 13.3. The summed E-state index contributed by atoms with van der Waals surface area (Å²) in [7, 11) is 0. The predicted octanol–water partition coefficient (Wildman–Crippen LogP) is 2.23. The van der Waals surface area contributed by atoms with Gasteiger partial charge in [-0.15, -0.1) is 11.3 Å². The first-order valence-electron chi connectivity index (χ1n) is 6.83. The molecule has 20 heavy (non-hydrogen) atoms. The quantitative estimate of drug-likeness (QED) is 0.917. The molecule has 2 aromatic heterocycles. The summed E-state index contributed by atoms with van der Waals surface area (Å²) in [6.45, 7) is 3.89. The summed E-state index contributed by atoms with van der Waals surface area (Å²) in [4.78, 5) is 18.7. The standard InChI is InChI=1S/C14H17N3O2S/c18-13(15-5-8-17-6-1-2-7-17)11-10-20-14(16-11)12-4-3-9-19-12/h3-4,9-10H,1-2,5-8H2,(H,15,18). The third-order valence-corrected chi connectivity index (χ3v) is 4.24. The fraction of sp³-hybridized carbons (Fsp3) is 0.429. The maximum Gasteiger partial charge on any atom is 0.270 e. The van der Waals surface area contributed by atoms with Crippen molar-refractivity contribution in [3.8, 4) is 10.8 Å². The predicted molar refractivity (Wildman–Crippen MR) is 77.8 cm³/mol. The van der Waals surface area contributed by atoms with E-state index in [0.29, 0.717) is 18.0 Å². The fourth-order valence-corrected chi connectivity index (χ4v) is 3.08. The highest BCUT2D eigenvalue weighted by Gasteiger charge is 2.14. The summed E-state index contributed by atoms with van der Waals surface area (Å²) in [5, 5.41) is 5.42. The molecule has 1 amide bonds. The lowest BCUT2D eigenvalue weighted by Gasteiger charge is -2.14. The monoisotopic (exact) mass is 291 g/mol. The van der Waals surface area contributed by atoms with Gasteiger partial charge >= 0.3 is 0 Å². The minimum atomic E-state index is -0.113. The number of thiazole rings is 1. The average Bonchev–Trinajstić information content (AvgIpc) is 3.20. The molecule has 1 saturated heterocycles. The highest BCUT2D eigenvalue weighted by atomic mass is 32.1. The number of hydrogen-bond acceptors (Lipinski definition) is 5. The van der Waals surface area contributed by atoms with Gasteiger partial charge in [0.2, 0.25) is 0 Å². The van der Waals surface area contributed by atoms with Gasteiger partial charge in [0.15, 0.2) is 10.8 Å². The lowest BCUT2D eigenvalue weighted by molar-refractivity contribution is 0.0945. The van der Waals surface area contributed by atoms with Crippen molar-refractivity contribution in [2.75, 3.05) is 26.2 Å². The van der Waals surface area contributed by atoms with Crippen LogP contribution < -0.4 is 5.32 Å². The number of carbonyl (C=O) groups excluding carboxylic acids is 1. The van der Waals surface area contributed by atoms with Gasteiger partial charge in [-0.2, -0.15) is 0 Å². The Kier molecular flexibility index (Phi) is 4.13. The highest BCUT2D eigenvalue weighted by Crippen LogP contribution is 2.23. The summed E-state index contributed by atoms with van der Waals surface area (Å²) in [5.41, 5.74) is 0.461. The van der Waals surface area contributed by atoms with Crippen molar-refractivity contribution in [1.82, 2.24) is 15.2 Å². The molecule has 1 fully saturated rings. The number of amides is 1. The van der Waals surface area contributed by atoms with E-state index in [9.17, 15) is 4.79 Å². The van der Waals surface area contributed by atoms with Gasteiger partial charge in [0.25, 0.3) is 5.91 Å². The van der Waals surface area contributed by atoms with Crippen LogP contribution in [0.1, 0.15) is 23.3 Å². The van der Waals surface area contributed by atoms with E-state index in [1.165, 1.54) is 24.2 Å². The Bertz CT molecular complexity index is 559. The Balaban J connectivity index is 1.52. The molecule has 0 atom stereocenters. The van der Waals surface area contributed by atoms with Crippen molar-refractivity contribution in [2.24, 2.45) is 0 Å². The van der Waals surface area contributed by atoms with Crippen molar-refractivity contribution >= 4 is 17.2 Å². The number of aromatic nitrogens is 1. The number of nitrogens with zero attached hydrogens (tertiary/aromatic N) is 2. The Hall–Kier alpha value is -1.66. The lowest BCUT2D eigenvalue weighted by Crippen LogP contribution is -2.33. The van der Waals surface area contributed by atoms with Crippen LogP contribution in [0, 0.1) is 0 Å². The van der Waals surface area contributed by atoms with Gasteiger partial charge in [-0.25, -0.2) is 4.98 Å². The van der Waals surface area contributed by atoms with Gasteiger partial charge in [0.05, 0.1) is 6.26 Å². The average molecular weight is 291 g/mol. The van der Waals surface area contributed by atoms with E-state index in [0.717, 1.165) is 24.6 Å². The normalized spacial score (nSPS) is 15.6. The third kappa shape index (κ3) is 3.08. The minimum absolute atomic E-state index is 0.113. The summed E-state index contributed by atoms with van der Waals surface area (Å²) in [5.74, 6) is 0.587. The molecule has 106 valence electrons. The van der Waals surface area contributed by atoms with E-state index in [-0.39, 0.29) is 5.91 Å². The molecule has 0 bridgehead atoms. The van der Waals surface area contributed by atoms with Gasteiger partial charge in [-0.05, 0) is 38.1 Å². The molecule has 0 aromatic carbocycles. The van der Waals surface area contributed by atoms with Crippen molar-refractivity contribution in [2.45, 2.75) is 12.8 Å². The van der Waals surface area contributed by atoms with Crippen LogP contribution in [0.15, 0.2) is 28.2 Å². The number of nitrogens with one attached hydrogen (secondary N) is 1. The Morgan fingerprint density at radius 2 is 2.30 bits per heavy atom. The first-order valence-corrected chi connectivity index (χ1v) is 7.71. The summed E-state index contributed by atoms with van der Waals surface area (Å²) < 4.78 is 5.27. The number of likely N-dealkylation sites (tertiary alicyclic amines) is 1. The molecule has 1 aliphatic heterocycles. The minimum Gasteiger partial charge on any atom is -0.462 e. The zero-order valence-electron chi connectivity index (χ0n) is 11.2. The van der Waals surface area contributed by atoms with Gasteiger partial charge in [0, 0.05) is 18.5 Å². The molecule has 1 N–H and O–H groups in total. The Morgan fingerprint density at radius 1 is 1.45 bits per heavy atom. The van der Waals surface area contributed by atoms with E-state index in [2.05, 4.69) is 15.2 Å². The van der Waals surface area contributed by atoms with E-state index in [1.54, 1.807) is 11.6 Å². The SMILES string of the molecule is O=C(NCCN1CCCC1)c1csc(-c2ccco2)n1. The summed E-state index contributed by atoms with van der Waals surface area (Å²) in [6.07, 6.45) is 4.14. The topological polar surface area (TPSA) is 58.4 Å². The molecule has 0 spiro atoms. The van der Waals surface area contributed by atoms with Crippen LogP contribution in [0.25, 0.3) is 10.8 Å². The summed E-state index contributed by atoms with van der Waals surface area (Å²) >= 11 is 1.42. The van der Waals surface area contributed by atoms with Gasteiger partial charge in [0.1, 0.15) is 5.69 Å². The van der Waals surface area contributed by atoms with E-state index >= 15 is 0 Å². The van der Waals surface area contributed by atoms with Crippen molar-refractivity contribution in [3.63, 3.8) is 0 Å². The van der Waals surface area contributed by atoms with Crippen LogP contribution in [-0.2, 0) is 0 Å². The molecule has 5 nitrogen and oxygen atoms in total. The van der Waals surface area contributed by atoms with Crippen LogP contribution >= 0.6 is 11.3 Å². The maximum absolute atomic E-state index is 12.0. The third-order valence-electron chi connectivity index (χ3n) is 3.38. The largest absolute Gasteiger partial charge is 0.462 e. The molecule has 3 heterocycles. The van der Waals surface area contributed by atoms with Crippen LogP contribution in [-0.4, -0.2) is 42.0 Å². The van der Waals surface area contributed by atoms with Crippen molar-refractivity contribution in [3.05, 3.63) is 29.5 Å². The molecule has 0 aliphatic carbocycles. The Labute approximate surface area is 121 Å². The maximum atomic E-state index is 12.0. The lowest BCUT2D eigenvalue weighted by atomic mass is 10.4. The number of carbonyl (C=O) groups is 1. The second-order valence-corrected chi connectivity index (χ2v) is 5.68. The zero-order valence-corrected chi connectivity index (χ0v) is 12.0. The van der Waals surface area contributed by atoms with Crippen LogP contribution in [0.2, 0.25) is 0 Å². The van der Waals surface area contributed by atoms with Gasteiger partial charge < -0.3 is 14.6 Å². The van der Waals surface area contributed by atoms with E-state index < -0.39 is 0 Å². The Morgan fingerprint density at radius 3 is 3.05 bits per heavy atom. The molecular formula is C14H17N3O2S. The number of furan rings is 1. The second kappa shape index (κ2) is 6.19. The van der Waals surface area contributed by atoms with Gasteiger partial charge in [-0.3, -0.25) is 4.79 Å². The first-order chi connectivity index (χ1) is 9.83. The van der Waals surface area contributed by atoms with E-state index in [4.69, 9.17) is 4.42 Å². The summed E-state index contributed by atoms with van der Waals surface area (Å²) in [6, 6.07) is 3.65. The zero-order chi connectivity index (χ0) is 13.8. The van der Waals surface area contributed by atoms with Crippen LogP contribution in [0.4, 0.5) is 0 Å². The molecule has 0 saturated carbocycles. The van der Waals surface area contributed by atoms with Crippen LogP contribution in [0.3, 0.4) is 0 Å². The molecular weight excluding hydrogens is 274 g/mol. The molecule has 6 heteroatoms. The highest BCUT2D eigenvalue weighted by molar-refractivity contribution is 7.13. The number of hydrogen-bond donors (Lipinski definition) is 1. The molecule has 2 aromatic rings. The van der Waals surface area contributed by atoms with Gasteiger partial charge in [-0.1, -0.05) is 0 Å². The number of rotatable bonds is 5. The fourth-order valence-electron chi connectivity index (χ4n) is 2.32. The van der Waals surface area contributed by atoms with Crippen molar-refractivity contribution in [1.29, 1.82) is 0 Å². The van der Waals surface area contributed by atoms with Crippen LogP contribution in [0.5, 0.6) is 0 Å². The van der Waals surface area contributed by atoms with Crippen molar-refractivity contribution < 1.29 is 9.21 Å². The molecule has 1 aliphatic rings. The molecule has 3 rings (SSSR count).